The molecule has 10 nitrogen and oxygen atoms in total. The fourth-order valence-electron chi connectivity index (χ4n) is 2.87. The molecule has 176 valence electrons. The molecule has 12 heteroatoms. The number of hydrazine groups is 1. The van der Waals surface area contributed by atoms with Crippen molar-refractivity contribution in [1.29, 1.82) is 0 Å². The van der Waals surface area contributed by atoms with Crippen LogP contribution in [0.2, 0.25) is 0 Å². The van der Waals surface area contributed by atoms with E-state index in [1.54, 1.807) is 13.8 Å². The highest BCUT2D eigenvalue weighted by molar-refractivity contribution is 6.47. The van der Waals surface area contributed by atoms with Crippen molar-refractivity contribution in [3.8, 4) is 0 Å². The monoisotopic (exact) mass is 480 g/mol. The molecule has 0 radical (unpaired) electrons. The number of nitrogens with zero attached hydrogens (tertiary/aromatic N) is 1. The molecule has 1 heterocycles. The smallest absolute Gasteiger partial charge is 0.325 e. The molecule has 0 spiro atoms. The SMILES string of the molecule is C=CCC(=O)NC(C(=O)NC(C)C(=O)N1CCCC(C(=O)OCC(O)(Cl)Cl)N1)C(C)C. The predicted molar refractivity (Wildman–Crippen MR) is 115 cm³/mol. The van der Waals surface area contributed by atoms with Gasteiger partial charge in [-0.05, 0) is 25.7 Å². The van der Waals surface area contributed by atoms with Gasteiger partial charge in [0.25, 0.3) is 5.91 Å². The Bertz CT molecular complexity index is 683. The number of hydrogen-bond acceptors (Lipinski definition) is 7. The third-order valence-corrected chi connectivity index (χ3v) is 4.67. The Morgan fingerprint density at radius 2 is 1.94 bits per heavy atom. The van der Waals surface area contributed by atoms with E-state index in [2.05, 4.69) is 22.6 Å². The minimum Gasteiger partial charge on any atom is -0.459 e. The van der Waals surface area contributed by atoms with Gasteiger partial charge in [-0.1, -0.05) is 43.1 Å². The lowest BCUT2D eigenvalue weighted by Crippen LogP contribution is -2.61. The van der Waals surface area contributed by atoms with E-state index >= 15 is 0 Å². The van der Waals surface area contributed by atoms with Crippen LogP contribution in [-0.4, -0.2) is 69.6 Å². The van der Waals surface area contributed by atoms with Crippen molar-refractivity contribution in [1.82, 2.24) is 21.1 Å². The van der Waals surface area contributed by atoms with Gasteiger partial charge in [0.2, 0.25) is 16.3 Å². The highest BCUT2D eigenvalue weighted by Gasteiger charge is 2.34. The van der Waals surface area contributed by atoms with Crippen molar-refractivity contribution >= 4 is 46.9 Å². The molecule has 1 aliphatic heterocycles. The predicted octanol–water partition coefficient (Wildman–Crippen LogP) is 0.371. The van der Waals surface area contributed by atoms with Crippen LogP contribution in [0.25, 0.3) is 0 Å². The van der Waals surface area contributed by atoms with E-state index in [0.29, 0.717) is 19.4 Å². The highest BCUT2D eigenvalue weighted by Crippen LogP contribution is 2.17. The van der Waals surface area contributed by atoms with Crippen molar-refractivity contribution in [3.05, 3.63) is 12.7 Å². The summed E-state index contributed by atoms with van der Waals surface area (Å²) < 4.78 is 2.64. The Kier molecular flexibility index (Phi) is 10.7. The molecule has 0 saturated carbocycles. The zero-order valence-electron chi connectivity index (χ0n) is 17.8. The number of aliphatic hydroxyl groups is 1. The summed E-state index contributed by atoms with van der Waals surface area (Å²) in [7, 11) is 0. The molecule has 1 rings (SSSR count). The maximum absolute atomic E-state index is 12.7. The van der Waals surface area contributed by atoms with Gasteiger partial charge in [0.1, 0.15) is 24.7 Å². The number of hydrogen-bond donors (Lipinski definition) is 4. The number of esters is 1. The number of ether oxygens (including phenoxy) is 1. The van der Waals surface area contributed by atoms with Crippen LogP contribution in [0.15, 0.2) is 12.7 Å². The molecule has 3 amide bonds. The molecule has 1 aliphatic rings. The van der Waals surface area contributed by atoms with Crippen LogP contribution >= 0.6 is 23.2 Å². The Hall–Kier alpha value is -1.88. The van der Waals surface area contributed by atoms with Crippen molar-refractivity contribution in [2.24, 2.45) is 5.92 Å². The molecule has 4 N–H and O–H groups in total. The molecule has 0 bridgehead atoms. The first-order chi connectivity index (χ1) is 14.4. The van der Waals surface area contributed by atoms with Crippen LogP contribution < -0.4 is 16.1 Å². The van der Waals surface area contributed by atoms with Gasteiger partial charge in [0.15, 0.2) is 0 Å². The van der Waals surface area contributed by atoms with Gasteiger partial charge < -0.3 is 20.5 Å². The van der Waals surface area contributed by atoms with E-state index in [0.717, 1.165) is 0 Å². The summed E-state index contributed by atoms with van der Waals surface area (Å²) >= 11 is 10.7. The first kappa shape index (κ1) is 27.2. The number of carbonyl (C=O) groups excluding carboxylic acids is 4. The third-order valence-electron chi connectivity index (χ3n) is 4.45. The second-order valence-electron chi connectivity index (χ2n) is 7.60. The van der Waals surface area contributed by atoms with E-state index < -0.39 is 47.0 Å². The Balaban J connectivity index is 2.67. The van der Waals surface area contributed by atoms with E-state index in [9.17, 15) is 24.3 Å². The number of nitrogens with one attached hydrogen (secondary N) is 3. The van der Waals surface area contributed by atoms with Gasteiger partial charge in [0.05, 0.1) is 0 Å². The normalized spacial score (nSPS) is 18.7. The Morgan fingerprint density at radius 3 is 2.48 bits per heavy atom. The summed E-state index contributed by atoms with van der Waals surface area (Å²) in [4.78, 5) is 49.3. The molecule has 0 aromatic rings. The Labute approximate surface area is 191 Å². The number of carbonyl (C=O) groups is 4. The average Bonchev–Trinajstić information content (AvgIpc) is 2.69. The van der Waals surface area contributed by atoms with Crippen molar-refractivity contribution in [3.63, 3.8) is 0 Å². The minimum absolute atomic E-state index is 0.0744. The second kappa shape index (κ2) is 12.2. The van der Waals surface area contributed by atoms with Crippen LogP contribution in [-0.2, 0) is 23.9 Å². The summed E-state index contributed by atoms with van der Waals surface area (Å²) in [6, 6.07) is -2.56. The molecule has 31 heavy (non-hydrogen) atoms. The van der Waals surface area contributed by atoms with E-state index in [1.807, 2.05) is 0 Å². The molecule has 1 fully saturated rings. The maximum atomic E-state index is 12.7. The number of rotatable bonds is 10. The zero-order valence-corrected chi connectivity index (χ0v) is 19.3. The topological polar surface area (TPSA) is 137 Å². The minimum atomic E-state index is -2.20. The van der Waals surface area contributed by atoms with Gasteiger partial charge in [-0.15, -0.1) is 6.58 Å². The summed E-state index contributed by atoms with van der Waals surface area (Å²) in [6.07, 6.45) is 2.42. The lowest BCUT2D eigenvalue weighted by Gasteiger charge is -2.34. The average molecular weight is 481 g/mol. The van der Waals surface area contributed by atoms with Crippen LogP contribution in [0, 0.1) is 5.92 Å². The molecule has 0 aliphatic carbocycles. The van der Waals surface area contributed by atoms with Gasteiger partial charge in [0, 0.05) is 13.0 Å². The summed E-state index contributed by atoms with van der Waals surface area (Å²) in [5, 5.41) is 15.7. The zero-order chi connectivity index (χ0) is 23.8. The lowest BCUT2D eigenvalue weighted by atomic mass is 10.0. The van der Waals surface area contributed by atoms with Crippen molar-refractivity contribution < 1.29 is 29.0 Å². The number of alkyl halides is 2. The fraction of sp³-hybridized carbons (Fsp3) is 0.684. The fourth-order valence-corrected chi connectivity index (χ4v) is 2.98. The van der Waals surface area contributed by atoms with Crippen LogP contribution in [0.1, 0.15) is 40.0 Å². The quantitative estimate of drug-likeness (QED) is 0.201. The molecule has 0 aromatic heterocycles. The third kappa shape index (κ3) is 9.42. The Morgan fingerprint density at radius 1 is 1.29 bits per heavy atom. The van der Waals surface area contributed by atoms with Gasteiger partial charge in [-0.2, -0.15) is 0 Å². The van der Waals surface area contributed by atoms with E-state index in [1.165, 1.54) is 18.0 Å². The molecule has 1 saturated heterocycles. The van der Waals surface area contributed by atoms with Gasteiger partial charge in [-0.3, -0.25) is 24.2 Å². The first-order valence-corrected chi connectivity index (χ1v) is 10.7. The summed E-state index contributed by atoms with van der Waals surface area (Å²) in [5.74, 6) is -2.23. The molecular formula is C19H30Cl2N4O6. The van der Waals surface area contributed by atoms with E-state index in [-0.39, 0.29) is 18.2 Å². The molecule has 0 aromatic carbocycles. The lowest BCUT2D eigenvalue weighted by molar-refractivity contribution is -0.154. The summed E-state index contributed by atoms with van der Waals surface area (Å²) in [6.45, 7) is 8.24. The van der Waals surface area contributed by atoms with Gasteiger partial charge >= 0.3 is 5.97 Å². The molecular weight excluding hydrogens is 451 g/mol. The highest BCUT2D eigenvalue weighted by atomic mass is 35.5. The summed E-state index contributed by atoms with van der Waals surface area (Å²) in [5.41, 5.74) is 2.75. The van der Waals surface area contributed by atoms with E-state index in [4.69, 9.17) is 27.9 Å². The van der Waals surface area contributed by atoms with Crippen LogP contribution in [0.4, 0.5) is 0 Å². The standard InChI is InChI=1S/C19H30Cl2N4O6/c1-5-7-14(26)23-15(11(2)3)16(27)22-12(4)17(28)25-9-6-8-13(24-25)18(29)31-10-19(20,21)30/h5,11-13,15,24,30H,1,6-10H2,2-4H3,(H,22,27)(H,23,26). The van der Waals surface area contributed by atoms with Gasteiger partial charge in [-0.25, -0.2) is 5.43 Å². The molecule has 3 unspecified atom stereocenters. The maximum Gasteiger partial charge on any atom is 0.325 e. The largest absolute Gasteiger partial charge is 0.459 e. The van der Waals surface area contributed by atoms with Crippen molar-refractivity contribution in [2.75, 3.05) is 13.2 Å². The molecule has 3 atom stereocenters. The van der Waals surface area contributed by atoms with Crippen molar-refractivity contribution in [2.45, 2.75) is 62.7 Å². The van der Waals surface area contributed by atoms with Crippen LogP contribution in [0.5, 0.6) is 0 Å². The first-order valence-electron chi connectivity index (χ1n) is 9.90. The van der Waals surface area contributed by atoms with Crippen LogP contribution in [0.3, 0.4) is 0 Å². The second-order valence-corrected chi connectivity index (χ2v) is 9.04. The number of amides is 3. The number of halogens is 2.